The number of aliphatic imine (C=N–C) groups is 1. The van der Waals surface area contributed by atoms with E-state index in [2.05, 4.69) is 22.1 Å². The molecule has 1 aromatic carbocycles. The summed E-state index contributed by atoms with van der Waals surface area (Å²) < 4.78 is 16.3. The van der Waals surface area contributed by atoms with Crippen LogP contribution in [0, 0.1) is 0 Å². The summed E-state index contributed by atoms with van der Waals surface area (Å²) in [4.78, 5) is 6.40. The van der Waals surface area contributed by atoms with Gasteiger partial charge in [0.05, 0.1) is 6.54 Å². The minimum absolute atomic E-state index is 0.279. The molecule has 0 saturated carbocycles. The summed E-state index contributed by atoms with van der Waals surface area (Å²) in [5.41, 5.74) is 0. The number of fused-ring (bicyclic) bond motifs is 1. The molecule has 2 rings (SSSR count). The molecule has 122 valence electrons. The molecular formula is C16H25N3O3. The fourth-order valence-corrected chi connectivity index (χ4v) is 2.18. The number of unbranched alkanes of at least 4 members (excludes halogenated alkanes) is 1. The van der Waals surface area contributed by atoms with Gasteiger partial charge in [-0.1, -0.05) is 13.3 Å². The first-order valence-electron chi connectivity index (χ1n) is 7.68. The molecule has 6 heteroatoms. The highest BCUT2D eigenvalue weighted by molar-refractivity contribution is 5.79. The zero-order valence-corrected chi connectivity index (χ0v) is 13.6. The second-order valence-electron chi connectivity index (χ2n) is 5.11. The first kappa shape index (κ1) is 16.3. The number of guanidine groups is 1. The van der Waals surface area contributed by atoms with Crippen LogP contribution in [-0.4, -0.2) is 51.4 Å². The van der Waals surface area contributed by atoms with Gasteiger partial charge < -0.3 is 24.4 Å². The quantitative estimate of drug-likeness (QED) is 0.475. The predicted octanol–water partition coefficient (Wildman–Crippen LogP) is 2.10. The Bertz CT molecular complexity index is 505. The molecule has 0 aliphatic carbocycles. The Hall–Kier alpha value is -2.11. The lowest BCUT2D eigenvalue weighted by Crippen LogP contribution is -2.41. The third-order valence-corrected chi connectivity index (χ3v) is 3.42. The number of rotatable bonds is 7. The molecule has 0 atom stereocenters. The van der Waals surface area contributed by atoms with Crippen molar-refractivity contribution in [3.05, 3.63) is 18.2 Å². The summed E-state index contributed by atoms with van der Waals surface area (Å²) >= 11 is 0. The van der Waals surface area contributed by atoms with Crippen molar-refractivity contribution < 1.29 is 14.2 Å². The summed E-state index contributed by atoms with van der Waals surface area (Å²) in [5.74, 6) is 3.17. The predicted molar refractivity (Wildman–Crippen MR) is 87.0 cm³/mol. The van der Waals surface area contributed by atoms with Gasteiger partial charge in [-0.2, -0.15) is 0 Å². The van der Waals surface area contributed by atoms with Crippen LogP contribution in [0.2, 0.25) is 0 Å². The van der Waals surface area contributed by atoms with Crippen LogP contribution in [-0.2, 0) is 0 Å². The van der Waals surface area contributed by atoms with Crippen molar-refractivity contribution in [2.45, 2.75) is 19.8 Å². The molecule has 1 aromatic rings. The van der Waals surface area contributed by atoms with Crippen molar-refractivity contribution in [2.75, 3.05) is 40.6 Å². The Balaban J connectivity index is 1.72. The molecule has 1 aliphatic heterocycles. The van der Waals surface area contributed by atoms with Crippen LogP contribution in [0.4, 0.5) is 0 Å². The highest BCUT2D eigenvalue weighted by Crippen LogP contribution is 2.34. The van der Waals surface area contributed by atoms with Crippen LogP contribution in [0.3, 0.4) is 0 Å². The third-order valence-electron chi connectivity index (χ3n) is 3.42. The lowest BCUT2D eigenvalue weighted by molar-refractivity contribution is 0.173. The molecule has 6 nitrogen and oxygen atoms in total. The van der Waals surface area contributed by atoms with E-state index < -0.39 is 0 Å². The monoisotopic (exact) mass is 307 g/mol. The zero-order valence-electron chi connectivity index (χ0n) is 13.6. The Kier molecular flexibility index (Phi) is 6.18. The van der Waals surface area contributed by atoms with Gasteiger partial charge in [-0.05, 0) is 18.6 Å². The minimum Gasteiger partial charge on any atom is -0.492 e. The molecule has 0 unspecified atom stereocenters. The summed E-state index contributed by atoms with van der Waals surface area (Å²) in [5, 5.41) is 3.30. The van der Waals surface area contributed by atoms with Crippen molar-refractivity contribution in [3.63, 3.8) is 0 Å². The van der Waals surface area contributed by atoms with E-state index in [0.29, 0.717) is 13.2 Å². The topological polar surface area (TPSA) is 55.3 Å². The largest absolute Gasteiger partial charge is 0.492 e. The number of nitrogens with one attached hydrogen (secondary N) is 1. The van der Waals surface area contributed by atoms with Crippen molar-refractivity contribution in [3.8, 4) is 17.2 Å². The van der Waals surface area contributed by atoms with Crippen LogP contribution >= 0.6 is 0 Å². The molecule has 0 amide bonds. The second-order valence-corrected chi connectivity index (χ2v) is 5.11. The maximum atomic E-state index is 5.72. The van der Waals surface area contributed by atoms with Crippen LogP contribution < -0.4 is 19.5 Å². The van der Waals surface area contributed by atoms with E-state index in [1.165, 1.54) is 6.42 Å². The maximum absolute atomic E-state index is 5.72. The van der Waals surface area contributed by atoms with E-state index in [4.69, 9.17) is 14.2 Å². The van der Waals surface area contributed by atoms with E-state index in [-0.39, 0.29) is 6.79 Å². The number of benzene rings is 1. The van der Waals surface area contributed by atoms with Crippen LogP contribution in [0.1, 0.15) is 19.8 Å². The molecule has 1 heterocycles. The second kappa shape index (κ2) is 8.36. The lowest BCUT2D eigenvalue weighted by Gasteiger charge is -2.21. The third kappa shape index (κ3) is 4.44. The Morgan fingerprint density at radius 2 is 2.18 bits per heavy atom. The maximum Gasteiger partial charge on any atom is 0.231 e. The van der Waals surface area contributed by atoms with Crippen LogP contribution in [0.25, 0.3) is 0 Å². The highest BCUT2D eigenvalue weighted by Gasteiger charge is 2.13. The van der Waals surface area contributed by atoms with Gasteiger partial charge in [0.25, 0.3) is 0 Å². The molecule has 0 bridgehead atoms. The molecule has 0 fully saturated rings. The summed E-state index contributed by atoms with van der Waals surface area (Å²) in [6, 6.07) is 5.60. The van der Waals surface area contributed by atoms with Crippen LogP contribution in [0.15, 0.2) is 23.2 Å². The van der Waals surface area contributed by atoms with Gasteiger partial charge in [0, 0.05) is 26.7 Å². The van der Waals surface area contributed by atoms with Crippen molar-refractivity contribution in [1.29, 1.82) is 0 Å². The van der Waals surface area contributed by atoms with Gasteiger partial charge in [0.2, 0.25) is 6.79 Å². The standard InChI is InChI=1S/C16H25N3O3/c1-4-5-9-19(3)16(17-2)18-8-10-20-13-6-7-14-15(11-13)22-12-21-14/h6-7,11H,4-5,8-10,12H2,1-3H3,(H,17,18). The van der Waals surface area contributed by atoms with Crippen molar-refractivity contribution in [2.24, 2.45) is 4.99 Å². The van der Waals surface area contributed by atoms with E-state index >= 15 is 0 Å². The van der Waals surface area contributed by atoms with Gasteiger partial charge in [0.1, 0.15) is 12.4 Å². The first-order chi connectivity index (χ1) is 10.7. The normalized spacial score (nSPS) is 13.1. The smallest absolute Gasteiger partial charge is 0.231 e. The van der Waals surface area contributed by atoms with Crippen molar-refractivity contribution in [1.82, 2.24) is 10.2 Å². The molecule has 0 saturated heterocycles. The molecule has 22 heavy (non-hydrogen) atoms. The molecule has 0 spiro atoms. The van der Waals surface area contributed by atoms with E-state index in [1.54, 1.807) is 7.05 Å². The Labute approximate surface area is 132 Å². The zero-order chi connectivity index (χ0) is 15.8. The molecule has 0 radical (unpaired) electrons. The van der Waals surface area contributed by atoms with E-state index in [9.17, 15) is 0 Å². The van der Waals surface area contributed by atoms with Gasteiger partial charge in [0.15, 0.2) is 17.5 Å². The molecule has 0 aromatic heterocycles. The van der Waals surface area contributed by atoms with Gasteiger partial charge >= 0.3 is 0 Å². The fraction of sp³-hybridized carbons (Fsp3) is 0.562. The number of ether oxygens (including phenoxy) is 3. The average molecular weight is 307 g/mol. The number of nitrogens with zero attached hydrogens (tertiary/aromatic N) is 2. The number of hydrogen-bond acceptors (Lipinski definition) is 4. The summed E-state index contributed by atoms with van der Waals surface area (Å²) in [6.07, 6.45) is 2.33. The van der Waals surface area contributed by atoms with E-state index in [0.717, 1.165) is 36.2 Å². The van der Waals surface area contributed by atoms with E-state index in [1.807, 2.05) is 25.2 Å². The van der Waals surface area contributed by atoms with Gasteiger partial charge in [-0.25, -0.2) is 0 Å². The Morgan fingerprint density at radius 1 is 1.36 bits per heavy atom. The molecular weight excluding hydrogens is 282 g/mol. The average Bonchev–Trinajstić information content (AvgIpc) is 3.00. The molecule has 1 aliphatic rings. The summed E-state index contributed by atoms with van der Waals surface area (Å²) in [6.45, 7) is 4.71. The molecule has 1 N–H and O–H groups in total. The van der Waals surface area contributed by atoms with Gasteiger partial charge in [-0.3, -0.25) is 4.99 Å². The van der Waals surface area contributed by atoms with Crippen molar-refractivity contribution >= 4 is 5.96 Å². The first-order valence-corrected chi connectivity index (χ1v) is 7.68. The van der Waals surface area contributed by atoms with Gasteiger partial charge in [-0.15, -0.1) is 0 Å². The lowest BCUT2D eigenvalue weighted by atomic mass is 10.3. The minimum atomic E-state index is 0.279. The Morgan fingerprint density at radius 3 is 2.95 bits per heavy atom. The SMILES string of the molecule is CCCCN(C)C(=NC)NCCOc1ccc2c(c1)OCO2. The van der Waals surface area contributed by atoms with Crippen LogP contribution in [0.5, 0.6) is 17.2 Å². The summed E-state index contributed by atoms with van der Waals surface area (Å²) in [7, 11) is 3.84. The number of hydrogen-bond donors (Lipinski definition) is 1. The highest BCUT2D eigenvalue weighted by atomic mass is 16.7. The fourth-order valence-electron chi connectivity index (χ4n) is 2.18.